The number of rotatable bonds is 16. The van der Waals surface area contributed by atoms with E-state index in [-0.39, 0.29) is 6.10 Å². The summed E-state index contributed by atoms with van der Waals surface area (Å²) in [5.41, 5.74) is 5.35. The van der Waals surface area contributed by atoms with Crippen LogP contribution in [0, 0.1) is 0 Å². The van der Waals surface area contributed by atoms with Crippen LogP contribution in [0.2, 0.25) is 0 Å². The lowest BCUT2D eigenvalue weighted by molar-refractivity contribution is 0.172. The van der Waals surface area contributed by atoms with Gasteiger partial charge in [0.15, 0.2) is 0 Å². The summed E-state index contributed by atoms with van der Waals surface area (Å²) in [6.07, 6.45) is 15.7. The first-order chi connectivity index (χ1) is 9.81. The van der Waals surface area contributed by atoms with E-state index in [2.05, 4.69) is 12.2 Å². The molecule has 3 nitrogen and oxygen atoms in total. The molecular formula is C17H38N2O. The molecule has 4 N–H and O–H groups in total. The van der Waals surface area contributed by atoms with Gasteiger partial charge < -0.3 is 16.2 Å². The summed E-state index contributed by atoms with van der Waals surface area (Å²) in [6, 6.07) is 0. The van der Waals surface area contributed by atoms with Crippen molar-refractivity contribution in [1.82, 2.24) is 5.32 Å². The SMILES string of the molecule is CCCCCCCCCCCCCNCCC(O)CN. The monoisotopic (exact) mass is 286 g/mol. The predicted molar refractivity (Wildman–Crippen MR) is 89.0 cm³/mol. The van der Waals surface area contributed by atoms with Gasteiger partial charge in [0.05, 0.1) is 6.10 Å². The third-order valence-electron chi connectivity index (χ3n) is 3.88. The van der Waals surface area contributed by atoms with Crippen molar-refractivity contribution >= 4 is 0 Å². The average Bonchev–Trinajstić information content (AvgIpc) is 2.47. The number of nitrogens with two attached hydrogens (primary N) is 1. The van der Waals surface area contributed by atoms with E-state index < -0.39 is 0 Å². The molecule has 3 heteroatoms. The van der Waals surface area contributed by atoms with Gasteiger partial charge in [-0.1, -0.05) is 71.1 Å². The van der Waals surface area contributed by atoms with Crippen LogP contribution < -0.4 is 11.1 Å². The lowest BCUT2D eigenvalue weighted by Gasteiger charge is -2.08. The number of aliphatic hydroxyl groups excluding tert-OH is 1. The Kier molecular flexibility index (Phi) is 16.8. The van der Waals surface area contributed by atoms with Crippen molar-refractivity contribution in [2.45, 2.75) is 90.1 Å². The molecule has 0 heterocycles. The summed E-state index contributed by atoms with van der Waals surface area (Å²) in [5, 5.41) is 12.6. The van der Waals surface area contributed by atoms with Crippen LogP contribution in [-0.2, 0) is 0 Å². The standard InChI is InChI=1S/C17H38N2O/c1-2-3-4-5-6-7-8-9-10-11-12-14-19-15-13-17(20)16-18/h17,19-20H,2-16,18H2,1H3. The van der Waals surface area contributed by atoms with Crippen LogP contribution >= 0.6 is 0 Å². The average molecular weight is 287 g/mol. The van der Waals surface area contributed by atoms with E-state index in [1.54, 1.807) is 0 Å². The Morgan fingerprint density at radius 2 is 1.30 bits per heavy atom. The minimum absolute atomic E-state index is 0.333. The fourth-order valence-corrected chi connectivity index (χ4v) is 2.43. The molecule has 0 aromatic heterocycles. The molecule has 0 saturated heterocycles. The Balaban J connectivity index is 2.96. The van der Waals surface area contributed by atoms with Gasteiger partial charge in [0.1, 0.15) is 0 Å². The molecule has 20 heavy (non-hydrogen) atoms. The fraction of sp³-hybridized carbons (Fsp3) is 1.00. The summed E-state index contributed by atoms with van der Waals surface area (Å²) in [5.74, 6) is 0. The molecule has 0 aliphatic carbocycles. The van der Waals surface area contributed by atoms with Crippen molar-refractivity contribution in [2.75, 3.05) is 19.6 Å². The first-order valence-electron chi connectivity index (χ1n) is 8.90. The minimum atomic E-state index is -0.333. The largest absolute Gasteiger partial charge is 0.392 e. The van der Waals surface area contributed by atoms with Gasteiger partial charge in [0.25, 0.3) is 0 Å². The third kappa shape index (κ3) is 15.9. The Bertz CT molecular complexity index is 176. The van der Waals surface area contributed by atoms with Gasteiger partial charge in [-0.2, -0.15) is 0 Å². The van der Waals surface area contributed by atoms with E-state index in [0.717, 1.165) is 19.5 Å². The number of hydrogen-bond donors (Lipinski definition) is 3. The van der Waals surface area contributed by atoms with Crippen molar-refractivity contribution in [2.24, 2.45) is 5.73 Å². The highest BCUT2D eigenvalue weighted by Gasteiger charge is 1.99. The molecular weight excluding hydrogens is 248 g/mol. The summed E-state index contributed by atoms with van der Waals surface area (Å²) >= 11 is 0. The molecule has 0 saturated carbocycles. The van der Waals surface area contributed by atoms with Crippen LogP contribution in [0.4, 0.5) is 0 Å². The van der Waals surface area contributed by atoms with Gasteiger partial charge in [-0.15, -0.1) is 0 Å². The van der Waals surface area contributed by atoms with Crippen LogP contribution in [0.15, 0.2) is 0 Å². The first-order valence-corrected chi connectivity index (χ1v) is 8.90. The molecule has 0 fully saturated rings. The Labute approximate surface area is 126 Å². The zero-order valence-corrected chi connectivity index (χ0v) is 13.7. The van der Waals surface area contributed by atoms with Crippen LogP contribution in [0.25, 0.3) is 0 Å². The minimum Gasteiger partial charge on any atom is -0.392 e. The van der Waals surface area contributed by atoms with Gasteiger partial charge in [-0.3, -0.25) is 0 Å². The number of hydrogen-bond acceptors (Lipinski definition) is 3. The highest BCUT2D eigenvalue weighted by atomic mass is 16.3. The maximum Gasteiger partial charge on any atom is 0.0674 e. The van der Waals surface area contributed by atoms with Gasteiger partial charge >= 0.3 is 0 Å². The molecule has 0 spiro atoms. The highest BCUT2D eigenvalue weighted by molar-refractivity contribution is 4.58. The molecule has 0 radical (unpaired) electrons. The van der Waals surface area contributed by atoms with Crippen molar-refractivity contribution in [3.8, 4) is 0 Å². The number of unbranched alkanes of at least 4 members (excludes halogenated alkanes) is 10. The molecule has 0 aromatic carbocycles. The molecule has 0 rings (SSSR count). The van der Waals surface area contributed by atoms with E-state index in [9.17, 15) is 5.11 Å². The fourth-order valence-electron chi connectivity index (χ4n) is 2.43. The normalized spacial score (nSPS) is 12.8. The summed E-state index contributed by atoms with van der Waals surface area (Å²) in [7, 11) is 0. The number of aliphatic hydroxyl groups is 1. The highest BCUT2D eigenvalue weighted by Crippen LogP contribution is 2.10. The van der Waals surface area contributed by atoms with Gasteiger partial charge in [-0.25, -0.2) is 0 Å². The molecule has 0 bridgehead atoms. The Hall–Kier alpha value is -0.120. The molecule has 0 aliphatic rings. The second-order valence-electron chi connectivity index (χ2n) is 5.96. The first kappa shape index (κ1) is 19.9. The second-order valence-corrected chi connectivity index (χ2v) is 5.96. The summed E-state index contributed by atoms with van der Waals surface area (Å²) in [4.78, 5) is 0. The van der Waals surface area contributed by atoms with Crippen molar-refractivity contribution in [1.29, 1.82) is 0 Å². The molecule has 1 unspecified atom stereocenters. The van der Waals surface area contributed by atoms with E-state index >= 15 is 0 Å². The topological polar surface area (TPSA) is 58.3 Å². The molecule has 0 aromatic rings. The van der Waals surface area contributed by atoms with E-state index in [1.807, 2.05) is 0 Å². The summed E-state index contributed by atoms with van der Waals surface area (Å²) < 4.78 is 0. The van der Waals surface area contributed by atoms with Crippen molar-refractivity contribution in [3.05, 3.63) is 0 Å². The third-order valence-corrected chi connectivity index (χ3v) is 3.88. The van der Waals surface area contributed by atoms with Crippen LogP contribution in [0.3, 0.4) is 0 Å². The van der Waals surface area contributed by atoms with Gasteiger partial charge in [0, 0.05) is 6.54 Å². The second kappa shape index (κ2) is 16.9. The lowest BCUT2D eigenvalue weighted by Crippen LogP contribution is -2.26. The van der Waals surface area contributed by atoms with E-state index in [0.29, 0.717) is 6.54 Å². The van der Waals surface area contributed by atoms with Crippen LogP contribution in [-0.4, -0.2) is 30.8 Å². The molecule has 122 valence electrons. The lowest BCUT2D eigenvalue weighted by atomic mass is 10.1. The maximum absolute atomic E-state index is 9.28. The van der Waals surface area contributed by atoms with Crippen LogP contribution in [0.1, 0.15) is 84.0 Å². The smallest absolute Gasteiger partial charge is 0.0674 e. The van der Waals surface area contributed by atoms with E-state index in [4.69, 9.17) is 5.73 Å². The zero-order chi connectivity index (χ0) is 14.9. The maximum atomic E-state index is 9.28. The Morgan fingerprint density at radius 1 is 0.800 bits per heavy atom. The summed E-state index contributed by atoms with van der Waals surface area (Å²) in [6.45, 7) is 4.61. The quantitative estimate of drug-likeness (QED) is 0.380. The Morgan fingerprint density at radius 3 is 1.80 bits per heavy atom. The number of nitrogens with one attached hydrogen (secondary N) is 1. The van der Waals surface area contributed by atoms with Crippen molar-refractivity contribution in [3.63, 3.8) is 0 Å². The molecule has 0 amide bonds. The van der Waals surface area contributed by atoms with Gasteiger partial charge in [0.2, 0.25) is 0 Å². The van der Waals surface area contributed by atoms with E-state index in [1.165, 1.54) is 70.6 Å². The van der Waals surface area contributed by atoms with Crippen LogP contribution in [0.5, 0.6) is 0 Å². The van der Waals surface area contributed by atoms with Gasteiger partial charge in [-0.05, 0) is 25.9 Å². The predicted octanol–water partition coefficient (Wildman–Crippen LogP) is 3.60. The molecule has 0 aliphatic heterocycles. The zero-order valence-electron chi connectivity index (χ0n) is 13.7. The van der Waals surface area contributed by atoms with Crippen molar-refractivity contribution < 1.29 is 5.11 Å². The molecule has 1 atom stereocenters.